The van der Waals surface area contributed by atoms with Crippen molar-refractivity contribution >= 4 is 11.9 Å². The number of amides is 1. The Bertz CT molecular complexity index is 302. The SMILES string of the molecule is CC(C)(C)OC(=O)NCC(=O)C1CC1(C)C. The average Bonchev–Trinajstić information content (AvgIpc) is 2.68. The van der Waals surface area contributed by atoms with Crippen LogP contribution in [0, 0.1) is 11.3 Å². The summed E-state index contributed by atoms with van der Waals surface area (Å²) in [7, 11) is 0. The molecule has 1 saturated carbocycles. The maximum absolute atomic E-state index is 11.6. The molecule has 1 fully saturated rings. The normalized spacial score (nSPS) is 22.4. The van der Waals surface area contributed by atoms with Gasteiger partial charge < -0.3 is 10.1 Å². The van der Waals surface area contributed by atoms with Crippen molar-refractivity contribution in [2.45, 2.75) is 46.6 Å². The van der Waals surface area contributed by atoms with Crippen molar-refractivity contribution in [3.05, 3.63) is 0 Å². The molecule has 1 aliphatic carbocycles. The lowest BCUT2D eigenvalue weighted by molar-refractivity contribution is -0.120. The zero-order valence-corrected chi connectivity index (χ0v) is 10.7. The van der Waals surface area contributed by atoms with Crippen LogP contribution >= 0.6 is 0 Å². The highest BCUT2D eigenvalue weighted by Crippen LogP contribution is 2.51. The molecule has 0 aromatic rings. The highest BCUT2D eigenvalue weighted by molar-refractivity contribution is 5.88. The molecular formula is C12H21NO3. The van der Waals surface area contributed by atoms with Crippen LogP contribution in [0.3, 0.4) is 0 Å². The molecule has 16 heavy (non-hydrogen) atoms. The topological polar surface area (TPSA) is 55.4 Å². The summed E-state index contributed by atoms with van der Waals surface area (Å²) in [6, 6.07) is 0. The van der Waals surface area contributed by atoms with Crippen molar-refractivity contribution in [3.63, 3.8) is 0 Å². The maximum atomic E-state index is 11.6. The molecule has 1 aliphatic rings. The summed E-state index contributed by atoms with van der Waals surface area (Å²) in [6.07, 6.45) is 0.390. The highest BCUT2D eigenvalue weighted by atomic mass is 16.6. The van der Waals surface area contributed by atoms with E-state index in [0.29, 0.717) is 0 Å². The second-order valence-corrected chi connectivity index (χ2v) is 6.07. The van der Waals surface area contributed by atoms with Gasteiger partial charge in [0.25, 0.3) is 0 Å². The molecule has 0 saturated heterocycles. The summed E-state index contributed by atoms with van der Waals surface area (Å²) in [5.41, 5.74) is -0.404. The van der Waals surface area contributed by atoms with Gasteiger partial charge in [0.15, 0.2) is 5.78 Å². The third kappa shape index (κ3) is 3.83. The van der Waals surface area contributed by atoms with E-state index in [1.807, 2.05) is 0 Å². The Balaban J connectivity index is 2.25. The minimum absolute atomic E-state index is 0.0724. The first-order valence-corrected chi connectivity index (χ1v) is 5.61. The molecule has 4 heteroatoms. The Kier molecular flexibility index (Phi) is 3.31. The molecule has 1 N–H and O–H groups in total. The van der Waals surface area contributed by atoms with Gasteiger partial charge in [-0.2, -0.15) is 0 Å². The van der Waals surface area contributed by atoms with Crippen LogP contribution in [0.25, 0.3) is 0 Å². The molecule has 0 aliphatic heterocycles. The summed E-state index contributed by atoms with van der Waals surface area (Å²) in [6.45, 7) is 9.56. The number of hydrogen-bond acceptors (Lipinski definition) is 3. The number of nitrogens with one attached hydrogen (secondary N) is 1. The largest absolute Gasteiger partial charge is 0.444 e. The van der Waals surface area contributed by atoms with Gasteiger partial charge in [0.2, 0.25) is 0 Å². The van der Waals surface area contributed by atoms with Gasteiger partial charge in [-0.25, -0.2) is 4.79 Å². The average molecular weight is 227 g/mol. The van der Waals surface area contributed by atoms with Crippen LogP contribution in [-0.4, -0.2) is 24.0 Å². The van der Waals surface area contributed by atoms with Gasteiger partial charge in [0, 0.05) is 5.92 Å². The van der Waals surface area contributed by atoms with Crippen molar-refractivity contribution in [3.8, 4) is 0 Å². The predicted molar refractivity (Wildman–Crippen MR) is 61.1 cm³/mol. The number of alkyl carbamates (subject to hydrolysis) is 1. The van der Waals surface area contributed by atoms with Crippen LogP contribution in [0.2, 0.25) is 0 Å². The third-order valence-electron chi connectivity index (χ3n) is 2.71. The molecule has 4 nitrogen and oxygen atoms in total. The number of hydrogen-bond donors (Lipinski definition) is 1. The Morgan fingerprint density at radius 3 is 2.25 bits per heavy atom. The van der Waals surface area contributed by atoms with E-state index in [4.69, 9.17) is 4.74 Å². The molecule has 0 aromatic carbocycles. The fourth-order valence-corrected chi connectivity index (χ4v) is 1.61. The van der Waals surface area contributed by atoms with Crippen LogP contribution < -0.4 is 5.32 Å². The summed E-state index contributed by atoms with van der Waals surface area (Å²) in [5, 5.41) is 2.49. The molecule has 1 unspecified atom stereocenters. The van der Waals surface area contributed by atoms with Crippen molar-refractivity contribution < 1.29 is 14.3 Å². The summed E-state index contributed by atoms with van der Waals surface area (Å²) < 4.78 is 5.04. The smallest absolute Gasteiger partial charge is 0.408 e. The standard InChI is InChI=1S/C12H21NO3/c1-11(2,3)16-10(15)13-7-9(14)8-6-12(8,4)5/h8H,6-7H2,1-5H3,(H,13,15). The fourth-order valence-electron chi connectivity index (χ4n) is 1.61. The van der Waals surface area contributed by atoms with Crippen LogP contribution in [0.15, 0.2) is 0 Å². The van der Waals surface area contributed by atoms with Gasteiger partial charge in [-0.15, -0.1) is 0 Å². The Morgan fingerprint density at radius 1 is 1.38 bits per heavy atom. The van der Waals surface area contributed by atoms with E-state index in [9.17, 15) is 9.59 Å². The van der Waals surface area contributed by atoms with E-state index >= 15 is 0 Å². The molecule has 0 spiro atoms. The molecule has 1 atom stereocenters. The Morgan fingerprint density at radius 2 is 1.88 bits per heavy atom. The van der Waals surface area contributed by atoms with E-state index in [-0.39, 0.29) is 23.7 Å². The van der Waals surface area contributed by atoms with E-state index in [2.05, 4.69) is 19.2 Å². The monoisotopic (exact) mass is 227 g/mol. The number of Topliss-reactive ketones (excluding diaryl/α,β-unsaturated/α-hetero) is 1. The first-order chi connectivity index (χ1) is 7.12. The van der Waals surface area contributed by atoms with E-state index < -0.39 is 11.7 Å². The lowest BCUT2D eigenvalue weighted by atomic mass is 10.1. The minimum atomic E-state index is -0.528. The predicted octanol–water partition coefficient (Wildman–Crippen LogP) is 2.13. The number of ketones is 1. The quantitative estimate of drug-likeness (QED) is 0.803. The molecule has 0 bridgehead atoms. The number of carbonyl (C=O) groups is 2. The zero-order chi connectivity index (χ0) is 12.6. The second kappa shape index (κ2) is 4.07. The molecule has 92 valence electrons. The summed E-state index contributed by atoms with van der Waals surface area (Å²) in [5.74, 6) is 0.193. The summed E-state index contributed by atoms with van der Waals surface area (Å²) in [4.78, 5) is 22.9. The van der Waals surface area contributed by atoms with Crippen molar-refractivity contribution in [2.24, 2.45) is 11.3 Å². The lowest BCUT2D eigenvalue weighted by Gasteiger charge is -2.19. The molecule has 1 rings (SSSR count). The third-order valence-corrected chi connectivity index (χ3v) is 2.71. The van der Waals surface area contributed by atoms with Gasteiger partial charge in [-0.3, -0.25) is 4.79 Å². The van der Waals surface area contributed by atoms with Crippen LogP contribution in [0.1, 0.15) is 41.0 Å². The first kappa shape index (κ1) is 13.0. The van der Waals surface area contributed by atoms with E-state index in [1.54, 1.807) is 20.8 Å². The first-order valence-electron chi connectivity index (χ1n) is 5.61. The molecule has 0 heterocycles. The molecule has 1 amide bonds. The van der Waals surface area contributed by atoms with Gasteiger partial charge in [-0.05, 0) is 32.6 Å². The summed E-state index contributed by atoms with van der Waals surface area (Å²) >= 11 is 0. The van der Waals surface area contributed by atoms with Crippen molar-refractivity contribution in [2.75, 3.05) is 6.54 Å². The van der Waals surface area contributed by atoms with Crippen LogP contribution in [0.5, 0.6) is 0 Å². The number of carbonyl (C=O) groups excluding carboxylic acids is 2. The van der Waals surface area contributed by atoms with Gasteiger partial charge in [-0.1, -0.05) is 13.8 Å². The van der Waals surface area contributed by atoms with Gasteiger partial charge in [0.05, 0.1) is 6.54 Å². The van der Waals surface area contributed by atoms with Gasteiger partial charge >= 0.3 is 6.09 Å². The molecule has 0 radical (unpaired) electrons. The maximum Gasteiger partial charge on any atom is 0.408 e. The highest BCUT2D eigenvalue weighted by Gasteiger charge is 2.49. The number of rotatable bonds is 3. The van der Waals surface area contributed by atoms with Crippen LogP contribution in [-0.2, 0) is 9.53 Å². The Hall–Kier alpha value is -1.06. The fraction of sp³-hybridized carbons (Fsp3) is 0.833. The van der Waals surface area contributed by atoms with Crippen LogP contribution in [0.4, 0.5) is 4.79 Å². The molecular weight excluding hydrogens is 206 g/mol. The number of ether oxygens (including phenoxy) is 1. The second-order valence-electron chi connectivity index (χ2n) is 6.07. The van der Waals surface area contributed by atoms with E-state index in [1.165, 1.54) is 0 Å². The van der Waals surface area contributed by atoms with E-state index in [0.717, 1.165) is 6.42 Å². The van der Waals surface area contributed by atoms with Crippen molar-refractivity contribution in [1.29, 1.82) is 0 Å². The molecule has 0 aromatic heterocycles. The zero-order valence-electron chi connectivity index (χ0n) is 10.7. The van der Waals surface area contributed by atoms with Gasteiger partial charge in [0.1, 0.15) is 5.60 Å². The Labute approximate surface area is 96.7 Å². The lowest BCUT2D eigenvalue weighted by Crippen LogP contribution is -2.36. The minimum Gasteiger partial charge on any atom is -0.444 e. The van der Waals surface area contributed by atoms with Crippen molar-refractivity contribution in [1.82, 2.24) is 5.32 Å².